The quantitative estimate of drug-likeness (QED) is 0.253. The van der Waals surface area contributed by atoms with Gasteiger partial charge in [0, 0.05) is 12.0 Å². The minimum Gasteiger partial charge on any atom is -0.506 e. The molecule has 2 saturated heterocycles. The van der Waals surface area contributed by atoms with E-state index in [0.29, 0.717) is 22.3 Å². The molecule has 0 radical (unpaired) electrons. The van der Waals surface area contributed by atoms with Crippen molar-refractivity contribution in [1.29, 1.82) is 0 Å². The Labute approximate surface area is 241 Å². The number of benzene rings is 2. The summed E-state index contributed by atoms with van der Waals surface area (Å²) in [5, 5.41) is 54.6. The number of aromatic hydroxyl groups is 1. The molecule has 3 heterocycles. The lowest BCUT2D eigenvalue weighted by molar-refractivity contribution is -0.312. The largest absolute Gasteiger partial charge is 0.506 e. The Morgan fingerprint density at radius 3 is 2.29 bits per heavy atom. The van der Waals surface area contributed by atoms with Crippen molar-refractivity contribution in [2.24, 2.45) is 17.8 Å². The summed E-state index contributed by atoms with van der Waals surface area (Å²) >= 11 is 0. The SMILES string of the molecule is COc1cc(OC2C(CO)OC(OCC3OC(O)C(C)C(C)C3C)C(O)C2O)c2c(O)c3c(=O)oc(C)cc3cc2c1. The van der Waals surface area contributed by atoms with Crippen molar-refractivity contribution >= 4 is 21.5 Å². The van der Waals surface area contributed by atoms with Crippen LogP contribution in [0.25, 0.3) is 21.5 Å². The second-order valence-electron chi connectivity index (χ2n) is 11.3. The highest BCUT2D eigenvalue weighted by Gasteiger charge is 2.47. The molecule has 2 aliphatic heterocycles. The maximum absolute atomic E-state index is 12.6. The molecule has 2 aliphatic rings. The molecular weight excluding hydrogens is 552 g/mol. The van der Waals surface area contributed by atoms with Gasteiger partial charge in [-0.3, -0.25) is 0 Å². The first kappa shape index (κ1) is 30.5. The number of aryl methyl sites for hydroxylation is 1. The first-order chi connectivity index (χ1) is 19.9. The Morgan fingerprint density at radius 2 is 1.60 bits per heavy atom. The third-order valence-electron chi connectivity index (χ3n) is 8.75. The van der Waals surface area contributed by atoms with Gasteiger partial charge in [0.2, 0.25) is 0 Å². The van der Waals surface area contributed by atoms with Crippen LogP contribution in [-0.4, -0.2) is 89.0 Å². The molecule has 5 N–H and O–H groups in total. The molecule has 2 fully saturated rings. The summed E-state index contributed by atoms with van der Waals surface area (Å²) in [7, 11) is 1.45. The van der Waals surface area contributed by atoms with Crippen LogP contribution in [0.1, 0.15) is 26.5 Å². The average Bonchev–Trinajstić information content (AvgIpc) is 2.95. The number of phenols is 1. The zero-order chi connectivity index (χ0) is 30.5. The van der Waals surface area contributed by atoms with Crippen molar-refractivity contribution < 1.29 is 53.6 Å². The molecule has 10 unspecified atom stereocenters. The molecule has 1 aromatic heterocycles. The highest BCUT2D eigenvalue weighted by molar-refractivity contribution is 6.07. The monoisotopic (exact) mass is 590 g/mol. The van der Waals surface area contributed by atoms with Gasteiger partial charge in [0.15, 0.2) is 18.7 Å². The van der Waals surface area contributed by atoms with Crippen molar-refractivity contribution in [3.05, 3.63) is 40.4 Å². The number of hydrogen-bond acceptors (Lipinski definition) is 12. The molecule has 0 spiro atoms. The van der Waals surface area contributed by atoms with E-state index in [0.717, 1.165) is 0 Å². The van der Waals surface area contributed by atoms with Crippen LogP contribution in [0, 0.1) is 24.7 Å². The van der Waals surface area contributed by atoms with Crippen LogP contribution >= 0.6 is 0 Å². The Kier molecular flexibility index (Phi) is 8.68. The lowest BCUT2D eigenvalue weighted by Crippen LogP contribution is -2.61. The molecule has 0 amide bonds. The molecule has 230 valence electrons. The average molecular weight is 591 g/mol. The number of aliphatic hydroxyl groups excluding tert-OH is 4. The van der Waals surface area contributed by atoms with Crippen LogP contribution in [0.15, 0.2) is 33.5 Å². The second-order valence-corrected chi connectivity index (χ2v) is 11.3. The van der Waals surface area contributed by atoms with E-state index in [1.54, 1.807) is 25.1 Å². The van der Waals surface area contributed by atoms with Gasteiger partial charge in [-0.25, -0.2) is 4.79 Å². The smallest absolute Gasteiger partial charge is 0.347 e. The highest BCUT2D eigenvalue weighted by atomic mass is 16.7. The van der Waals surface area contributed by atoms with Gasteiger partial charge in [-0.15, -0.1) is 0 Å². The third-order valence-corrected chi connectivity index (χ3v) is 8.75. The van der Waals surface area contributed by atoms with E-state index in [1.807, 2.05) is 20.8 Å². The van der Waals surface area contributed by atoms with E-state index in [1.165, 1.54) is 13.2 Å². The predicted octanol–water partition coefficient (Wildman–Crippen LogP) is 1.80. The summed E-state index contributed by atoms with van der Waals surface area (Å²) in [5.41, 5.74) is -0.733. The number of rotatable bonds is 7. The van der Waals surface area contributed by atoms with Gasteiger partial charge in [-0.1, -0.05) is 20.8 Å². The van der Waals surface area contributed by atoms with Crippen molar-refractivity contribution in [2.75, 3.05) is 20.3 Å². The Bertz CT molecular complexity index is 1480. The van der Waals surface area contributed by atoms with Crippen LogP contribution < -0.4 is 15.1 Å². The molecule has 0 saturated carbocycles. The summed E-state index contributed by atoms with van der Waals surface area (Å²) in [6, 6.07) is 6.39. The zero-order valence-corrected chi connectivity index (χ0v) is 24.1. The van der Waals surface area contributed by atoms with Gasteiger partial charge in [-0.2, -0.15) is 0 Å². The first-order valence-electron chi connectivity index (χ1n) is 14.0. The Hall–Kier alpha value is -2.97. The number of methoxy groups -OCH3 is 1. The fraction of sp³-hybridized carbons (Fsp3) is 0.567. The Balaban J connectivity index is 1.42. The van der Waals surface area contributed by atoms with Gasteiger partial charge in [0.25, 0.3) is 0 Å². The zero-order valence-electron chi connectivity index (χ0n) is 24.1. The van der Waals surface area contributed by atoms with Gasteiger partial charge < -0.3 is 53.6 Å². The fourth-order valence-electron chi connectivity index (χ4n) is 5.83. The highest BCUT2D eigenvalue weighted by Crippen LogP contribution is 2.42. The standard InChI is InChI=1S/C30H38O12/c1-12-6-16-7-17-8-18(37-5)9-19(22(17)24(32)23(16)29(36)39-12)40-27-20(10-31)42-30(26(34)25(27)33)38-11-21-14(3)13(2)15(4)28(35)41-21/h6-9,13-15,20-21,25-28,30-35H,10-11H2,1-5H3. The maximum atomic E-state index is 12.6. The van der Waals surface area contributed by atoms with Crippen molar-refractivity contribution in [2.45, 2.75) is 70.8 Å². The number of ether oxygens (including phenoxy) is 5. The van der Waals surface area contributed by atoms with Gasteiger partial charge in [-0.05, 0) is 47.7 Å². The van der Waals surface area contributed by atoms with E-state index in [-0.39, 0.29) is 40.9 Å². The van der Waals surface area contributed by atoms with Gasteiger partial charge >= 0.3 is 5.63 Å². The number of fused-ring (bicyclic) bond motifs is 2. The molecule has 0 bridgehead atoms. The summed E-state index contributed by atoms with van der Waals surface area (Å²) < 4.78 is 34.0. The third kappa shape index (κ3) is 5.44. The van der Waals surface area contributed by atoms with Gasteiger partial charge in [0.05, 0.1) is 31.8 Å². The fourth-order valence-corrected chi connectivity index (χ4v) is 5.83. The van der Waals surface area contributed by atoms with E-state index in [4.69, 9.17) is 28.1 Å². The number of hydrogen-bond donors (Lipinski definition) is 5. The summed E-state index contributed by atoms with van der Waals surface area (Å²) in [4.78, 5) is 12.6. The number of aliphatic hydroxyl groups is 4. The molecule has 2 aromatic carbocycles. The maximum Gasteiger partial charge on any atom is 0.347 e. The van der Waals surface area contributed by atoms with Crippen LogP contribution in [0.4, 0.5) is 0 Å². The van der Waals surface area contributed by atoms with E-state index in [9.17, 15) is 30.3 Å². The molecule has 12 heteroatoms. The minimum atomic E-state index is -1.59. The molecule has 42 heavy (non-hydrogen) atoms. The van der Waals surface area contributed by atoms with Crippen LogP contribution in [-0.2, 0) is 14.2 Å². The lowest BCUT2D eigenvalue weighted by Gasteiger charge is -2.44. The van der Waals surface area contributed by atoms with Gasteiger partial charge in [0.1, 0.15) is 46.7 Å². The molecule has 5 rings (SSSR count). The number of phenolic OH excluding ortho intramolecular Hbond substituents is 1. The van der Waals surface area contributed by atoms with Crippen molar-refractivity contribution in [1.82, 2.24) is 0 Å². The molecular formula is C30H38O12. The topological polar surface area (TPSA) is 178 Å². The molecule has 12 nitrogen and oxygen atoms in total. The molecule has 3 aromatic rings. The van der Waals surface area contributed by atoms with E-state index >= 15 is 0 Å². The van der Waals surface area contributed by atoms with Crippen LogP contribution in [0.5, 0.6) is 17.2 Å². The minimum absolute atomic E-state index is 0.0166. The summed E-state index contributed by atoms with van der Waals surface area (Å²) in [6.45, 7) is 6.90. The summed E-state index contributed by atoms with van der Waals surface area (Å²) in [5.74, 6) is 0.476. The Morgan fingerprint density at radius 1 is 0.881 bits per heavy atom. The molecule has 0 aliphatic carbocycles. The lowest BCUT2D eigenvalue weighted by atomic mass is 9.79. The molecule has 10 atom stereocenters. The van der Waals surface area contributed by atoms with Crippen LogP contribution in [0.3, 0.4) is 0 Å². The van der Waals surface area contributed by atoms with E-state index < -0.39 is 61.1 Å². The second kappa shape index (κ2) is 12.0. The van der Waals surface area contributed by atoms with Crippen molar-refractivity contribution in [3.8, 4) is 17.2 Å². The summed E-state index contributed by atoms with van der Waals surface area (Å²) in [6.07, 6.45) is -8.41. The first-order valence-corrected chi connectivity index (χ1v) is 14.0. The van der Waals surface area contributed by atoms with Crippen LogP contribution in [0.2, 0.25) is 0 Å². The predicted molar refractivity (Wildman–Crippen MR) is 149 cm³/mol. The van der Waals surface area contributed by atoms with Crippen molar-refractivity contribution in [3.63, 3.8) is 0 Å². The normalized spacial score (nSPS) is 33.6. The van der Waals surface area contributed by atoms with E-state index in [2.05, 4.69) is 0 Å².